The molecule has 134 valence electrons. The number of rotatable bonds is 6. The van der Waals surface area contributed by atoms with Gasteiger partial charge >= 0.3 is 11.9 Å². The molecule has 2 rings (SSSR count). The highest BCUT2D eigenvalue weighted by Crippen LogP contribution is 2.29. The molecule has 0 saturated carbocycles. The van der Waals surface area contributed by atoms with E-state index in [2.05, 4.69) is 0 Å². The van der Waals surface area contributed by atoms with Gasteiger partial charge in [0.25, 0.3) is 10.1 Å². The van der Waals surface area contributed by atoms with E-state index < -0.39 is 34.4 Å². The second-order valence-electron chi connectivity index (χ2n) is 5.12. The molecule has 2 aromatic rings. The predicted molar refractivity (Wildman–Crippen MR) is 99.8 cm³/mol. The minimum atomic E-state index is -4.21. The minimum absolute atomic E-state index is 0.202. The molecule has 0 bridgehead atoms. The number of esters is 2. The number of benzene rings is 2. The van der Waals surface area contributed by atoms with Gasteiger partial charge in [-0.25, -0.2) is 4.79 Å². The van der Waals surface area contributed by atoms with E-state index in [0.29, 0.717) is 16.5 Å². The number of alkyl halides is 1. The molecule has 0 saturated heterocycles. The van der Waals surface area contributed by atoms with Crippen molar-refractivity contribution >= 4 is 55.4 Å². The predicted octanol–water partition coefficient (Wildman–Crippen LogP) is 2.61. The molecule has 0 aliphatic carbocycles. The molecule has 0 spiro atoms. The Balaban J connectivity index is 2.30. The van der Waals surface area contributed by atoms with Gasteiger partial charge in [0.15, 0.2) is 0 Å². The van der Waals surface area contributed by atoms with Crippen molar-refractivity contribution < 1.29 is 32.0 Å². The Kier molecular flexibility index (Phi) is 6.36. The highest BCUT2D eigenvalue weighted by Gasteiger charge is 2.18. The van der Waals surface area contributed by atoms with Crippen LogP contribution in [0.5, 0.6) is 5.75 Å². The summed E-state index contributed by atoms with van der Waals surface area (Å²) in [5.74, 6) is -1.51. The van der Waals surface area contributed by atoms with Gasteiger partial charge in [-0.3, -0.25) is 9.35 Å². The Morgan fingerprint density at radius 2 is 1.80 bits per heavy atom. The number of halogens is 1. The zero-order valence-corrected chi connectivity index (χ0v) is 16.1. The van der Waals surface area contributed by atoms with Crippen molar-refractivity contribution in [3.05, 3.63) is 42.0 Å². The lowest BCUT2D eigenvalue weighted by Crippen LogP contribution is -2.17. The number of carbonyl (C=O) groups excluding carboxylic acids is 2. The maximum Gasteiger partial charge on any atom is 0.338 e. The highest BCUT2D eigenvalue weighted by molar-refractivity contribution is 14.1. The van der Waals surface area contributed by atoms with Crippen LogP contribution in [0.2, 0.25) is 0 Å². The molecule has 25 heavy (non-hydrogen) atoms. The van der Waals surface area contributed by atoms with E-state index in [1.54, 1.807) is 31.2 Å². The SMILES string of the molecule is CC(I)C(=O)Oc1ccc(C(=O)OCCS(=O)(=O)O)c2ccccc12. The fourth-order valence-corrected chi connectivity index (χ4v) is 2.47. The molecule has 0 aliphatic rings. The van der Waals surface area contributed by atoms with Crippen LogP contribution in [0.25, 0.3) is 10.8 Å². The molecule has 0 heterocycles. The largest absolute Gasteiger partial charge is 0.461 e. The second-order valence-corrected chi connectivity index (χ2v) is 8.56. The lowest BCUT2D eigenvalue weighted by Gasteiger charge is -2.12. The first kappa shape index (κ1) is 19.6. The molecule has 9 heteroatoms. The van der Waals surface area contributed by atoms with Crippen molar-refractivity contribution in [2.45, 2.75) is 10.8 Å². The van der Waals surface area contributed by atoms with E-state index >= 15 is 0 Å². The van der Waals surface area contributed by atoms with Gasteiger partial charge in [-0.05, 0) is 24.4 Å². The van der Waals surface area contributed by atoms with Crippen molar-refractivity contribution in [1.82, 2.24) is 0 Å². The molecular formula is C16H15IO7S. The normalized spacial score (nSPS) is 12.6. The van der Waals surface area contributed by atoms with E-state index in [1.807, 2.05) is 22.6 Å². The highest BCUT2D eigenvalue weighted by atomic mass is 127. The molecule has 0 aliphatic heterocycles. The Morgan fingerprint density at radius 1 is 1.16 bits per heavy atom. The Bertz CT molecular complexity index is 906. The van der Waals surface area contributed by atoms with Crippen LogP contribution in [0.1, 0.15) is 17.3 Å². The first-order valence-corrected chi connectivity index (χ1v) is 10.0. The van der Waals surface area contributed by atoms with Crippen LogP contribution in [0.3, 0.4) is 0 Å². The van der Waals surface area contributed by atoms with Gasteiger partial charge in [0.05, 0.1) is 5.56 Å². The third-order valence-corrected chi connectivity index (χ3v) is 4.40. The zero-order valence-electron chi connectivity index (χ0n) is 13.1. The van der Waals surface area contributed by atoms with Gasteiger partial charge in [0, 0.05) is 5.39 Å². The van der Waals surface area contributed by atoms with E-state index in [9.17, 15) is 18.0 Å². The van der Waals surface area contributed by atoms with Crippen molar-refractivity contribution in [1.29, 1.82) is 0 Å². The summed E-state index contributed by atoms with van der Waals surface area (Å²) in [6.45, 7) is 1.24. The Hall–Kier alpha value is -1.72. The smallest absolute Gasteiger partial charge is 0.338 e. The topological polar surface area (TPSA) is 107 Å². The molecule has 0 radical (unpaired) electrons. The number of fused-ring (bicyclic) bond motifs is 1. The second kappa shape index (κ2) is 8.11. The fraction of sp³-hybridized carbons (Fsp3) is 0.250. The van der Waals surface area contributed by atoms with Crippen LogP contribution >= 0.6 is 22.6 Å². The summed E-state index contributed by atoms with van der Waals surface area (Å²) < 4.78 is 39.9. The van der Waals surface area contributed by atoms with Crippen LogP contribution in [0.15, 0.2) is 36.4 Å². The first-order chi connectivity index (χ1) is 11.7. The molecule has 0 amide bonds. The number of ether oxygens (including phenoxy) is 2. The Labute approximate surface area is 158 Å². The van der Waals surface area contributed by atoms with Gasteiger partial charge < -0.3 is 9.47 Å². The van der Waals surface area contributed by atoms with E-state index in [-0.39, 0.29) is 9.49 Å². The first-order valence-electron chi connectivity index (χ1n) is 7.19. The third kappa shape index (κ3) is 5.38. The summed E-state index contributed by atoms with van der Waals surface area (Å²) >= 11 is 1.94. The number of hydrogen-bond donors (Lipinski definition) is 1. The van der Waals surface area contributed by atoms with E-state index in [0.717, 1.165) is 0 Å². The summed E-state index contributed by atoms with van der Waals surface area (Å²) in [4.78, 5) is 24.0. The van der Waals surface area contributed by atoms with Gasteiger partial charge in [0.2, 0.25) is 0 Å². The van der Waals surface area contributed by atoms with E-state index in [1.165, 1.54) is 12.1 Å². The summed E-state index contributed by atoms with van der Waals surface area (Å²) in [7, 11) is -4.21. The van der Waals surface area contributed by atoms with Crippen molar-refractivity contribution in [2.24, 2.45) is 0 Å². The Morgan fingerprint density at radius 3 is 2.40 bits per heavy atom. The molecule has 0 aromatic heterocycles. The maximum absolute atomic E-state index is 12.2. The lowest BCUT2D eigenvalue weighted by molar-refractivity contribution is -0.132. The molecule has 0 fully saturated rings. The molecular weight excluding hydrogens is 463 g/mol. The van der Waals surface area contributed by atoms with Crippen molar-refractivity contribution in [2.75, 3.05) is 12.4 Å². The summed E-state index contributed by atoms with van der Waals surface area (Å²) in [6, 6.07) is 9.74. The third-order valence-electron chi connectivity index (χ3n) is 3.21. The molecule has 1 atom stereocenters. The van der Waals surface area contributed by atoms with Crippen LogP contribution in [0.4, 0.5) is 0 Å². The quantitative estimate of drug-likeness (QED) is 0.224. The minimum Gasteiger partial charge on any atom is -0.461 e. The molecule has 1 unspecified atom stereocenters. The van der Waals surface area contributed by atoms with E-state index in [4.69, 9.17) is 14.0 Å². The molecule has 7 nitrogen and oxygen atoms in total. The number of carbonyl (C=O) groups is 2. The maximum atomic E-state index is 12.2. The summed E-state index contributed by atoms with van der Waals surface area (Å²) in [5.41, 5.74) is 0.202. The van der Waals surface area contributed by atoms with Crippen LogP contribution in [-0.2, 0) is 19.6 Å². The molecule has 2 aromatic carbocycles. The monoisotopic (exact) mass is 478 g/mol. The van der Waals surface area contributed by atoms with Crippen LogP contribution in [0, 0.1) is 0 Å². The van der Waals surface area contributed by atoms with Gasteiger partial charge in [-0.2, -0.15) is 8.42 Å². The van der Waals surface area contributed by atoms with Crippen molar-refractivity contribution in [3.63, 3.8) is 0 Å². The van der Waals surface area contributed by atoms with Gasteiger partial charge in [-0.15, -0.1) is 0 Å². The summed E-state index contributed by atoms with van der Waals surface area (Å²) in [6.07, 6.45) is 0. The van der Waals surface area contributed by atoms with Crippen LogP contribution < -0.4 is 4.74 Å². The van der Waals surface area contributed by atoms with Gasteiger partial charge in [-0.1, -0.05) is 46.9 Å². The van der Waals surface area contributed by atoms with Gasteiger partial charge in [0.1, 0.15) is 22.0 Å². The average molecular weight is 478 g/mol. The summed E-state index contributed by atoms with van der Waals surface area (Å²) in [5, 5.41) is 1.06. The average Bonchev–Trinajstić information content (AvgIpc) is 2.53. The zero-order chi connectivity index (χ0) is 18.6. The molecule has 1 N–H and O–H groups in total. The lowest BCUT2D eigenvalue weighted by atomic mass is 10.0. The fourth-order valence-electron chi connectivity index (χ4n) is 2.05. The van der Waals surface area contributed by atoms with Crippen molar-refractivity contribution in [3.8, 4) is 5.75 Å². The number of hydrogen-bond acceptors (Lipinski definition) is 6. The van der Waals surface area contributed by atoms with Crippen LogP contribution in [-0.4, -0.2) is 41.2 Å². The standard InChI is InChI=1S/C16H15IO7S/c1-10(17)15(18)24-14-7-6-13(11-4-2-3-5-12(11)14)16(19)23-8-9-25(20,21)22/h2-7,10H,8-9H2,1H3,(H,20,21,22).